The van der Waals surface area contributed by atoms with Crippen LogP contribution < -0.4 is 4.74 Å². The van der Waals surface area contributed by atoms with Crippen LogP contribution >= 0.6 is 23.2 Å². The van der Waals surface area contributed by atoms with Crippen LogP contribution in [0.4, 0.5) is 18.0 Å². The van der Waals surface area contributed by atoms with Gasteiger partial charge >= 0.3 is 12.3 Å². The molecule has 0 bridgehead atoms. The second kappa shape index (κ2) is 11.6. The lowest BCUT2D eigenvalue weighted by atomic mass is 10.1. The van der Waals surface area contributed by atoms with Gasteiger partial charge in [-0.05, 0) is 82.3 Å². The number of nitrogens with zero attached hydrogens (tertiary/aromatic N) is 3. The van der Waals surface area contributed by atoms with E-state index in [4.69, 9.17) is 37.2 Å². The van der Waals surface area contributed by atoms with Gasteiger partial charge in [0.15, 0.2) is 0 Å². The summed E-state index contributed by atoms with van der Waals surface area (Å²) in [6.07, 6.45) is -2.87. The van der Waals surface area contributed by atoms with Crippen molar-refractivity contribution < 1.29 is 32.0 Å². The maximum absolute atomic E-state index is 13.9. The molecule has 1 saturated heterocycles. The Morgan fingerprint density at radius 1 is 1.13 bits per heavy atom. The number of benzene rings is 2. The number of aromatic nitrogens is 2. The zero-order valence-corrected chi connectivity index (χ0v) is 23.2. The normalized spacial score (nSPS) is 16.0. The van der Waals surface area contributed by atoms with Crippen molar-refractivity contribution in [3.8, 4) is 17.1 Å². The molecular formula is C27H28Cl2F3N3O4. The number of carbonyl (C=O) groups excluding carboxylic acids is 1. The van der Waals surface area contributed by atoms with Gasteiger partial charge in [-0.1, -0.05) is 34.4 Å². The number of likely N-dealkylation sites (tertiary alicyclic amines) is 1. The van der Waals surface area contributed by atoms with Gasteiger partial charge in [0, 0.05) is 12.1 Å². The third kappa shape index (κ3) is 7.36. The van der Waals surface area contributed by atoms with Crippen molar-refractivity contribution in [1.29, 1.82) is 0 Å². The van der Waals surface area contributed by atoms with E-state index in [9.17, 15) is 18.0 Å². The molecule has 1 atom stereocenters. The number of alkyl halides is 3. The Labute approximate surface area is 234 Å². The lowest BCUT2D eigenvalue weighted by molar-refractivity contribution is -0.138. The molecule has 1 aliphatic heterocycles. The van der Waals surface area contributed by atoms with Crippen LogP contribution in [0.5, 0.6) is 5.75 Å². The molecule has 4 rings (SSSR count). The number of halogens is 5. The first-order valence-corrected chi connectivity index (χ1v) is 13.2. The van der Waals surface area contributed by atoms with Crippen LogP contribution in [0, 0.1) is 0 Å². The molecule has 2 heterocycles. The standard InChI is InChI=1S/C27H28Cl2F3N3O4/c1-26(2,3)38-25(36)35-12-4-7-21(35)24-33-23(34-39-24)17-9-11-22(18(15-17)27(30,31)32)37-13-5-6-16-8-10-19(28)20(29)14-16/h8-11,14-15,21H,4-7,12-13H2,1-3H3/t21-/m0/s1. The number of carbonyl (C=O) groups is 1. The fourth-order valence-corrected chi connectivity index (χ4v) is 4.54. The topological polar surface area (TPSA) is 77.7 Å². The Bertz CT molecular complexity index is 1320. The molecule has 0 unspecified atom stereocenters. The van der Waals surface area contributed by atoms with Crippen LogP contribution in [0.2, 0.25) is 10.0 Å². The SMILES string of the molecule is CC(C)(C)OC(=O)N1CCC[C@H]1c1nc(-c2ccc(OCCCc3ccc(Cl)c(Cl)c3)c(C(F)(F)F)c2)no1. The highest BCUT2D eigenvalue weighted by Gasteiger charge is 2.38. The Balaban J connectivity index is 1.46. The van der Waals surface area contributed by atoms with E-state index in [1.54, 1.807) is 32.9 Å². The third-order valence-corrected chi connectivity index (χ3v) is 6.74. The molecule has 0 radical (unpaired) electrons. The average molecular weight is 586 g/mol. The second-order valence-electron chi connectivity index (χ2n) is 10.2. The van der Waals surface area contributed by atoms with E-state index < -0.39 is 29.5 Å². The molecular weight excluding hydrogens is 558 g/mol. The Morgan fingerprint density at radius 2 is 1.90 bits per heavy atom. The molecule has 1 aliphatic rings. The van der Waals surface area contributed by atoms with Crippen LogP contribution in [0.1, 0.15) is 63.1 Å². The Hall–Kier alpha value is -2.98. The molecule has 12 heteroatoms. The van der Waals surface area contributed by atoms with E-state index >= 15 is 0 Å². The van der Waals surface area contributed by atoms with Crippen LogP contribution in [0.15, 0.2) is 40.9 Å². The van der Waals surface area contributed by atoms with Crippen LogP contribution in [-0.4, -0.2) is 39.9 Å². The minimum atomic E-state index is -4.67. The number of ether oxygens (including phenoxy) is 2. The van der Waals surface area contributed by atoms with Crippen molar-refractivity contribution in [1.82, 2.24) is 15.0 Å². The fourth-order valence-electron chi connectivity index (χ4n) is 4.22. The fraction of sp³-hybridized carbons (Fsp3) is 0.444. The molecule has 1 fully saturated rings. The summed E-state index contributed by atoms with van der Waals surface area (Å²) in [5.74, 6) is -0.168. The van der Waals surface area contributed by atoms with Gasteiger partial charge in [-0.15, -0.1) is 0 Å². The van der Waals surface area contributed by atoms with Crippen LogP contribution in [-0.2, 0) is 17.3 Å². The molecule has 0 saturated carbocycles. The minimum Gasteiger partial charge on any atom is -0.493 e. The number of rotatable bonds is 7. The summed E-state index contributed by atoms with van der Waals surface area (Å²) in [4.78, 5) is 18.4. The van der Waals surface area contributed by atoms with Gasteiger partial charge in [0.25, 0.3) is 0 Å². The van der Waals surface area contributed by atoms with E-state index in [-0.39, 0.29) is 29.6 Å². The maximum atomic E-state index is 13.9. The molecule has 1 aromatic heterocycles. The summed E-state index contributed by atoms with van der Waals surface area (Å²) in [6, 6.07) is 8.31. The Morgan fingerprint density at radius 3 is 2.59 bits per heavy atom. The number of amides is 1. The van der Waals surface area contributed by atoms with Gasteiger partial charge in [-0.3, -0.25) is 4.90 Å². The van der Waals surface area contributed by atoms with Crippen LogP contribution in [0.3, 0.4) is 0 Å². The van der Waals surface area contributed by atoms with E-state index in [2.05, 4.69) is 10.1 Å². The number of hydrogen-bond acceptors (Lipinski definition) is 6. The lowest BCUT2D eigenvalue weighted by Gasteiger charge is -2.26. The molecule has 39 heavy (non-hydrogen) atoms. The van der Waals surface area contributed by atoms with Gasteiger partial charge in [-0.25, -0.2) is 4.79 Å². The zero-order valence-electron chi connectivity index (χ0n) is 21.6. The quantitative estimate of drug-likeness (QED) is 0.260. The predicted molar refractivity (Wildman–Crippen MR) is 140 cm³/mol. The van der Waals surface area contributed by atoms with E-state index in [0.717, 1.165) is 11.6 Å². The number of aryl methyl sites for hydroxylation is 1. The Kier molecular flexibility index (Phi) is 8.66. The molecule has 7 nitrogen and oxygen atoms in total. The summed E-state index contributed by atoms with van der Waals surface area (Å²) >= 11 is 11.9. The summed E-state index contributed by atoms with van der Waals surface area (Å²) in [7, 11) is 0. The summed E-state index contributed by atoms with van der Waals surface area (Å²) in [6.45, 7) is 5.82. The first-order valence-electron chi connectivity index (χ1n) is 12.4. The molecule has 1 amide bonds. The molecule has 0 N–H and O–H groups in total. The van der Waals surface area contributed by atoms with E-state index in [1.165, 1.54) is 17.0 Å². The lowest BCUT2D eigenvalue weighted by Crippen LogP contribution is -2.36. The average Bonchev–Trinajstić information content (AvgIpc) is 3.52. The highest BCUT2D eigenvalue weighted by molar-refractivity contribution is 6.42. The summed E-state index contributed by atoms with van der Waals surface area (Å²) in [5.41, 5.74) is -0.606. The molecule has 2 aromatic carbocycles. The van der Waals surface area contributed by atoms with Gasteiger partial charge in [-0.2, -0.15) is 18.2 Å². The predicted octanol–water partition coefficient (Wildman–Crippen LogP) is 8.15. The maximum Gasteiger partial charge on any atom is 0.419 e. The van der Waals surface area contributed by atoms with Crippen molar-refractivity contribution in [2.45, 2.75) is 64.3 Å². The molecule has 3 aromatic rings. The molecule has 0 spiro atoms. The highest BCUT2D eigenvalue weighted by Crippen LogP contribution is 2.39. The minimum absolute atomic E-state index is 0.0160. The molecule has 210 valence electrons. The van der Waals surface area contributed by atoms with Crippen molar-refractivity contribution in [2.24, 2.45) is 0 Å². The first kappa shape index (κ1) is 29.0. The molecule has 0 aliphatic carbocycles. The zero-order chi connectivity index (χ0) is 28.4. The summed E-state index contributed by atoms with van der Waals surface area (Å²) < 4.78 is 58.0. The monoisotopic (exact) mass is 585 g/mol. The van der Waals surface area contributed by atoms with Crippen molar-refractivity contribution in [3.05, 3.63) is 63.5 Å². The van der Waals surface area contributed by atoms with Gasteiger partial charge in [0.1, 0.15) is 17.4 Å². The first-order chi connectivity index (χ1) is 18.3. The van der Waals surface area contributed by atoms with E-state index in [1.807, 2.05) is 6.07 Å². The summed E-state index contributed by atoms with van der Waals surface area (Å²) in [5, 5.41) is 4.73. The van der Waals surface area contributed by atoms with Crippen molar-refractivity contribution in [3.63, 3.8) is 0 Å². The van der Waals surface area contributed by atoms with Crippen molar-refractivity contribution in [2.75, 3.05) is 13.2 Å². The van der Waals surface area contributed by atoms with Gasteiger partial charge in [0.2, 0.25) is 11.7 Å². The van der Waals surface area contributed by atoms with Gasteiger partial charge in [0.05, 0.1) is 22.2 Å². The highest BCUT2D eigenvalue weighted by atomic mass is 35.5. The van der Waals surface area contributed by atoms with Crippen molar-refractivity contribution >= 4 is 29.3 Å². The van der Waals surface area contributed by atoms with E-state index in [0.29, 0.717) is 42.3 Å². The second-order valence-corrected chi connectivity index (χ2v) is 11.0. The number of hydrogen-bond donors (Lipinski definition) is 0. The van der Waals surface area contributed by atoms with Crippen LogP contribution in [0.25, 0.3) is 11.4 Å². The van der Waals surface area contributed by atoms with Gasteiger partial charge < -0.3 is 14.0 Å². The third-order valence-electron chi connectivity index (χ3n) is 6.00. The smallest absolute Gasteiger partial charge is 0.419 e. The largest absolute Gasteiger partial charge is 0.493 e.